The molecule has 1 aliphatic carbocycles. The number of hydrogen-bond acceptors (Lipinski definition) is 4. The number of hydrogen-bond donors (Lipinski definition) is 1. The number of H-pyrrole nitrogens is 1. The van der Waals surface area contributed by atoms with Crippen molar-refractivity contribution in [3.63, 3.8) is 0 Å². The number of aromatic nitrogens is 1. The van der Waals surface area contributed by atoms with Crippen LogP contribution in [0.25, 0.3) is 0 Å². The molecule has 1 aromatic carbocycles. The number of aromatic amines is 1. The molecule has 0 saturated carbocycles. The van der Waals surface area contributed by atoms with E-state index in [9.17, 15) is 9.90 Å². The number of nitrogens with two attached hydrogens (primary N) is 1. The predicted molar refractivity (Wildman–Crippen MR) is 99.0 cm³/mol. The zero-order valence-corrected chi connectivity index (χ0v) is 16.8. The third kappa shape index (κ3) is 4.16. The summed E-state index contributed by atoms with van der Waals surface area (Å²) >= 11 is 4.90. The van der Waals surface area contributed by atoms with Crippen LogP contribution in [0.15, 0.2) is 28.7 Å². The van der Waals surface area contributed by atoms with E-state index in [1.165, 1.54) is 35.5 Å². The lowest BCUT2D eigenvalue weighted by molar-refractivity contribution is -0.376. The molecule has 130 valence electrons. The maximum Gasteiger partial charge on any atom is 0.329 e. The number of anilines is 1. The monoisotopic (exact) mass is 410 g/mol. The number of nitrogens with one attached hydrogen (secondary N) is 1. The van der Waals surface area contributed by atoms with Gasteiger partial charge in [0, 0.05) is 15.3 Å². The van der Waals surface area contributed by atoms with Gasteiger partial charge in [-0.15, -0.1) is 0 Å². The van der Waals surface area contributed by atoms with Gasteiger partial charge in [0.25, 0.3) is 0 Å². The second kappa shape index (κ2) is 6.84. The Kier molecular flexibility index (Phi) is 5.40. The van der Waals surface area contributed by atoms with Gasteiger partial charge in [-0.3, -0.25) is 5.73 Å². The fourth-order valence-corrected chi connectivity index (χ4v) is 4.21. The van der Waals surface area contributed by atoms with Gasteiger partial charge in [0.2, 0.25) is 0 Å². The van der Waals surface area contributed by atoms with Gasteiger partial charge in [-0.05, 0) is 30.5 Å². The summed E-state index contributed by atoms with van der Waals surface area (Å²) in [5.41, 5.74) is 7.98. The molecule has 0 atom stereocenters. The summed E-state index contributed by atoms with van der Waals surface area (Å²) in [5, 5.41) is 11.0. The highest BCUT2D eigenvalue weighted by molar-refractivity contribution is 9.10. The second-order valence-corrected chi connectivity index (χ2v) is 9.33. The molecule has 0 spiro atoms. The van der Waals surface area contributed by atoms with E-state index < -0.39 is 5.97 Å². The van der Waals surface area contributed by atoms with Crippen molar-refractivity contribution in [2.75, 3.05) is 5.73 Å². The van der Waals surface area contributed by atoms with Crippen molar-refractivity contribution in [2.24, 2.45) is 0 Å². The molecule has 3 N–H and O–H groups in total. The van der Waals surface area contributed by atoms with E-state index in [4.69, 9.17) is 5.73 Å². The Hall–Kier alpha value is -1.40. The van der Waals surface area contributed by atoms with E-state index in [0.717, 1.165) is 9.60 Å². The first-order chi connectivity index (χ1) is 11.0. The zero-order valence-electron chi connectivity index (χ0n) is 14.4. The molecule has 0 bridgehead atoms. The number of nitrogen functional groups attached to an aromatic ring is 1. The maximum atomic E-state index is 10.2. The Labute approximate surface area is 155 Å². The predicted octanol–water partition coefficient (Wildman–Crippen LogP) is 3.31. The quantitative estimate of drug-likeness (QED) is 0.782. The summed E-state index contributed by atoms with van der Waals surface area (Å²) in [6, 6.07) is 6.29. The van der Waals surface area contributed by atoms with E-state index in [0.29, 0.717) is 5.41 Å². The fraction of sp³-hybridized carbons (Fsp3) is 0.444. The van der Waals surface area contributed by atoms with Crippen LogP contribution in [-0.2, 0) is 10.8 Å². The molecule has 0 saturated heterocycles. The standard InChI is InChI=1S/C11H18N2S.C7H5BrO2/c1-10(2)5-6-11(3,4)8-7(10)13-9(12)14-8;8-6-3-1-5(2-4-6)7(9)10/h5-6H2,1-4H3,(H2,12,13);1-4H,(H,9,10). The van der Waals surface area contributed by atoms with Crippen LogP contribution >= 0.6 is 27.3 Å². The molecule has 0 unspecified atom stereocenters. The topological polar surface area (TPSA) is 80.3 Å². The Bertz CT molecular complexity index is 702. The number of fused-ring (bicyclic) bond motifs is 1. The summed E-state index contributed by atoms with van der Waals surface area (Å²) < 4.78 is 0.859. The molecule has 0 amide bonds. The fourth-order valence-electron chi connectivity index (χ4n) is 2.77. The minimum absolute atomic E-state index is 0.197. The highest BCUT2D eigenvalue weighted by Gasteiger charge is 2.42. The van der Waals surface area contributed by atoms with Crippen molar-refractivity contribution in [1.82, 2.24) is 0 Å². The number of benzene rings is 1. The van der Waals surface area contributed by atoms with Crippen molar-refractivity contribution >= 4 is 38.4 Å². The van der Waals surface area contributed by atoms with Gasteiger partial charge >= 0.3 is 5.13 Å². The third-order valence-electron chi connectivity index (χ3n) is 4.43. The van der Waals surface area contributed by atoms with Gasteiger partial charge in [0.1, 0.15) is 5.69 Å². The van der Waals surface area contributed by atoms with Crippen LogP contribution in [0.3, 0.4) is 0 Å². The average Bonchev–Trinajstić information content (AvgIpc) is 2.90. The van der Waals surface area contributed by atoms with E-state index in [1.807, 2.05) is 0 Å². The van der Waals surface area contributed by atoms with E-state index in [2.05, 4.69) is 48.6 Å². The second-order valence-electron chi connectivity index (χ2n) is 7.36. The lowest BCUT2D eigenvalue weighted by Crippen LogP contribution is -2.36. The lowest BCUT2D eigenvalue weighted by Gasteiger charge is -2.36. The molecule has 0 fully saturated rings. The van der Waals surface area contributed by atoms with Crippen molar-refractivity contribution in [1.29, 1.82) is 0 Å². The highest BCUT2D eigenvalue weighted by Crippen LogP contribution is 2.46. The Morgan fingerprint density at radius 1 is 1.17 bits per heavy atom. The summed E-state index contributed by atoms with van der Waals surface area (Å²) in [6.07, 6.45) is 2.49. The number of halogens is 1. The van der Waals surface area contributed by atoms with Crippen LogP contribution in [0.5, 0.6) is 0 Å². The number of carboxylic acids is 1. The summed E-state index contributed by atoms with van der Waals surface area (Å²) in [7, 11) is 0. The molecule has 6 heteroatoms. The lowest BCUT2D eigenvalue weighted by atomic mass is 9.69. The minimum atomic E-state index is -1.15. The normalized spacial score (nSPS) is 17.4. The van der Waals surface area contributed by atoms with Crippen LogP contribution in [0.2, 0.25) is 0 Å². The van der Waals surface area contributed by atoms with Crippen molar-refractivity contribution in [3.8, 4) is 0 Å². The minimum Gasteiger partial charge on any atom is -0.545 e. The number of rotatable bonds is 1. The third-order valence-corrected chi connectivity index (χ3v) is 6.25. The van der Waals surface area contributed by atoms with Gasteiger partial charge in [-0.2, -0.15) is 0 Å². The van der Waals surface area contributed by atoms with Crippen LogP contribution in [0.4, 0.5) is 5.13 Å². The Balaban J connectivity index is 0.000000185. The van der Waals surface area contributed by atoms with Gasteiger partial charge in [0.05, 0.1) is 10.8 Å². The molecule has 24 heavy (non-hydrogen) atoms. The number of aromatic carboxylic acids is 1. The van der Waals surface area contributed by atoms with E-state index in [-0.39, 0.29) is 11.0 Å². The first-order valence-electron chi connectivity index (χ1n) is 7.82. The molecule has 3 rings (SSSR count). The zero-order chi connectivity index (χ0) is 18.1. The SMILES string of the molecule is CC1(C)CCC(C)(C)c2sc(N)[nH+]c21.O=C([O-])c1ccc(Br)cc1. The Morgan fingerprint density at radius 2 is 1.71 bits per heavy atom. The first-order valence-corrected chi connectivity index (χ1v) is 9.43. The van der Waals surface area contributed by atoms with Crippen LogP contribution in [0, 0.1) is 0 Å². The number of carbonyl (C=O) groups is 1. The molecule has 2 aromatic rings. The average molecular weight is 411 g/mol. The summed E-state index contributed by atoms with van der Waals surface area (Å²) in [5.74, 6) is -1.15. The van der Waals surface area contributed by atoms with E-state index >= 15 is 0 Å². The van der Waals surface area contributed by atoms with Crippen LogP contribution in [0.1, 0.15) is 61.5 Å². The smallest absolute Gasteiger partial charge is 0.329 e. The van der Waals surface area contributed by atoms with E-state index in [1.54, 1.807) is 23.5 Å². The molecule has 4 nitrogen and oxygen atoms in total. The first kappa shape index (κ1) is 18.9. The number of thiazole rings is 1. The van der Waals surface area contributed by atoms with Crippen LogP contribution in [-0.4, -0.2) is 5.97 Å². The largest absolute Gasteiger partial charge is 0.545 e. The molecular weight excluding hydrogens is 388 g/mol. The summed E-state index contributed by atoms with van der Waals surface area (Å²) in [6.45, 7) is 9.21. The van der Waals surface area contributed by atoms with Gasteiger partial charge in [0.15, 0.2) is 0 Å². The van der Waals surface area contributed by atoms with Crippen molar-refractivity contribution < 1.29 is 14.9 Å². The van der Waals surface area contributed by atoms with Gasteiger partial charge < -0.3 is 9.90 Å². The van der Waals surface area contributed by atoms with Crippen molar-refractivity contribution in [2.45, 2.75) is 51.4 Å². The summed E-state index contributed by atoms with van der Waals surface area (Å²) in [4.78, 5) is 15.0. The van der Waals surface area contributed by atoms with Gasteiger partial charge in [-0.1, -0.05) is 67.1 Å². The van der Waals surface area contributed by atoms with Gasteiger partial charge in [-0.25, -0.2) is 4.98 Å². The molecule has 1 heterocycles. The van der Waals surface area contributed by atoms with Crippen molar-refractivity contribution in [3.05, 3.63) is 44.9 Å². The molecule has 1 aliphatic rings. The highest BCUT2D eigenvalue weighted by atomic mass is 79.9. The number of carboxylic acid groups (broad SMARTS) is 1. The molecule has 0 aliphatic heterocycles. The molecule has 0 radical (unpaired) electrons. The maximum absolute atomic E-state index is 10.2. The Morgan fingerprint density at radius 3 is 2.21 bits per heavy atom. The molecular formula is C18H23BrN2O2S. The van der Waals surface area contributed by atoms with Crippen LogP contribution < -0.4 is 15.8 Å². The number of carbonyl (C=O) groups excluding carboxylic acids is 1. The molecule has 1 aromatic heterocycles.